The third-order valence-electron chi connectivity index (χ3n) is 2.56. The number of pyridine rings is 1. The zero-order chi connectivity index (χ0) is 13.7. The number of aliphatic carboxylic acids is 1. The summed E-state index contributed by atoms with van der Waals surface area (Å²) in [7, 11) is 0. The molecule has 0 spiro atoms. The number of nitrogens with one attached hydrogen (secondary N) is 1. The molecule has 0 fully saturated rings. The smallest absolute Gasteiger partial charge is 0.308 e. The van der Waals surface area contributed by atoms with Gasteiger partial charge in [-0.3, -0.25) is 9.59 Å². The highest BCUT2D eigenvalue weighted by Crippen LogP contribution is 2.10. The molecule has 1 amide bonds. The molecule has 0 radical (unpaired) electrons. The lowest BCUT2D eigenvalue weighted by atomic mass is 9.96. The van der Waals surface area contributed by atoms with Gasteiger partial charge in [0.05, 0.1) is 5.92 Å². The van der Waals surface area contributed by atoms with E-state index in [1.54, 1.807) is 12.1 Å². The van der Waals surface area contributed by atoms with Gasteiger partial charge < -0.3 is 10.4 Å². The first kappa shape index (κ1) is 14.6. The second kappa shape index (κ2) is 6.49. The molecule has 1 atom stereocenters. The zero-order valence-corrected chi connectivity index (χ0v) is 11.8. The van der Waals surface area contributed by atoms with E-state index in [0.717, 1.165) is 4.47 Å². The van der Waals surface area contributed by atoms with E-state index in [9.17, 15) is 9.59 Å². The van der Waals surface area contributed by atoms with Crippen molar-refractivity contribution in [2.45, 2.75) is 13.8 Å². The highest BCUT2D eigenvalue weighted by Gasteiger charge is 2.22. The molecule has 0 saturated carbocycles. The molecule has 1 aromatic heterocycles. The van der Waals surface area contributed by atoms with Crippen LogP contribution in [0, 0.1) is 11.8 Å². The van der Waals surface area contributed by atoms with Crippen LogP contribution in [0.1, 0.15) is 24.3 Å². The van der Waals surface area contributed by atoms with Gasteiger partial charge in [0.15, 0.2) is 0 Å². The quantitative estimate of drug-likeness (QED) is 0.870. The number of carbonyl (C=O) groups excluding carboxylic acids is 1. The van der Waals surface area contributed by atoms with Crippen LogP contribution in [0.3, 0.4) is 0 Å². The molecule has 1 unspecified atom stereocenters. The Kier molecular flexibility index (Phi) is 5.27. The van der Waals surface area contributed by atoms with Crippen LogP contribution in [-0.2, 0) is 4.79 Å². The second-order valence-corrected chi connectivity index (χ2v) is 5.18. The fraction of sp³-hybridized carbons (Fsp3) is 0.417. The summed E-state index contributed by atoms with van der Waals surface area (Å²) in [4.78, 5) is 26.6. The average molecular weight is 315 g/mol. The number of hydrogen-bond acceptors (Lipinski definition) is 3. The number of carboxylic acids is 1. The van der Waals surface area contributed by atoms with Gasteiger partial charge in [-0.25, -0.2) is 4.98 Å². The Morgan fingerprint density at radius 1 is 1.44 bits per heavy atom. The van der Waals surface area contributed by atoms with Gasteiger partial charge in [-0.05, 0) is 34.0 Å². The summed E-state index contributed by atoms with van der Waals surface area (Å²) in [6.07, 6.45) is 1.52. The van der Waals surface area contributed by atoms with E-state index >= 15 is 0 Å². The molecule has 1 rings (SSSR count). The molecule has 98 valence electrons. The standard InChI is InChI=1S/C12H15BrN2O3/c1-7(2)9(12(17)18)6-15-11(16)10-4-3-8(13)5-14-10/h3-5,7,9H,6H2,1-2H3,(H,15,16)(H,17,18). The van der Waals surface area contributed by atoms with Crippen molar-refractivity contribution in [1.82, 2.24) is 10.3 Å². The van der Waals surface area contributed by atoms with E-state index in [4.69, 9.17) is 5.11 Å². The first-order valence-electron chi connectivity index (χ1n) is 5.54. The van der Waals surface area contributed by atoms with Crippen molar-refractivity contribution in [2.75, 3.05) is 6.54 Å². The number of amides is 1. The maximum Gasteiger partial charge on any atom is 0.308 e. The van der Waals surface area contributed by atoms with Gasteiger partial charge in [-0.1, -0.05) is 13.8 Å². The normalized spacial score (nSPS) is 12.2. The summed E-state index contributed by atoms with van der Waals surface area (Å²) in [5.41, 5.74) is 0.270. The molecule has 0 bridgehead atoms. The Balaban J connectivity index is 2.60. The summed E-state index contributed by atoms with van der Waals surface area (Å²) in [6.45, 7) is 3.72. The first-order valence-corrected chi connectivity index (χ1v) is 6.33. The third-order valence-corrected chi connectivity index (χ3v) is 3.03. The molecule has 0 aliphatic rings. The Bertz CT molecular complexity index is 431. The number of hydrogen-bond donors (Lipinski definition) is 2. The fourth-order valence-corrected chi connectivity index (χ4v) is 1.65. The van der Waals surface area contributed by atoms with E-state index in [0.29, 0.717) is 0 Å². The molecular weight excluding hydrogens is 300 g/mol. The number of carboxylic acid groups (broad SMARTS) is 1. The van der Waals surface area contributed by atoms with Gasteiger partial charge in [0.1, 0.15) is 5.69 Å². The van der Waals surface area contributed by atoms with Crippen molar-refractivity contribution in [1.29, 1.82) is 0 Å². The topological polar surface area (TPSA) is 79.3 Å². The predicted molar refractivity (Wildman–Crippen MR) is 70.2 cm³/mol. The van der Waals surface area contributed by atoms with Crippen molar-refractivity contribution in [3.63, 3.8) is 0 Å². The summed E-state index contributed by atoms with van der Waals surface area (Å²) in [5.74, 6) is -1.91. The van der Waals surface area contributed by atoms with Gasteiger partial charge in [-0.15, -0.1) is 0 Å². The van der Waals surface area contributed by atoms with Crippen molar-refractivity contribution < 1.29 is 14.7 Å². The lowest BCUT2D eigenvalue weighted by molar-refractivity contribution is -0.142. The lowest BCUT2D eigenvalue weighted by Gasteiger charge is -2.16. The number of aromatic nitrogens is 1. The molecule has 18 heavy (non-hydrogen) atoms. The van der Waals surface area contributed by atoms with Crippen molar-refractivity contribution >= 4 is 27.8 Å². The summed E-state index contributed by atoms with van der Waals surface area (Å²) in [6, 6.07) is 3.28. The van der Waals surface area contributed by atoms with Crippen molar-refractivity contribution in [2.24, 2.45) is 11.8 Å². The first-order chi connectivity index (χ1) is 8.41. The number of rotatable bonds is 5. The van der Waals surface area contributed by atoms with Gasteiger partial charge in [0.25, 0.3) is 5.91 Å². The summed E-state index contributed by atoms with van der Waals surface area (Å²) >= 11 is 3.22. The van der Waals surface area contributed by atoms with Gasteiger partial charge >= 0.3 is 5.97 Å². The molecule has 5 nitrogen and oxygen atoms in total. The molecule has 0 aromatic carbocycles. The summed E-state index contributed by atoms with van der Waals surface area (Å²) in [5, 5.41) is 11.6. The van der Waals surface area contributed by atoms with Crippen LogP contribution in [-0.4, -0.2) is 28.5 Å². The third kappa shape index (κ3) is 4.10. The van der Waals surface area contributed by atoms with Gasteiger partial charge in [0.2, 0.25) is 0 Å². The molecular formula is C12H15BrN2O3. The van der Waals surface area contributed by atoms with Crippen molar-refractivity contribution in [3.05, 3.63) is 28.5 Å². The predicted octanol–water partition coefficient (Wildman–Crippen LogP) is 1.93. The van der Waals surface area contributed by atoms with E-state index in [-0.39, 0.29) is 24.1 Å². The van der Waals surface area contributed by atoms with E-state index in [1.165, 1.54) is 6.20 Å². The highest BCUT2D eigenvalue weighted by molar-refractivity contribution is 9.10. The Hall–Kier alpha value is -1.43. The number of nitrogens with zero attached hydrogens (tertiary/aromatic N) is 1. The van der Waals surface area contributed by atoms with E-state index in [1.807, 2.05) is 13.8 Å². The molecule has 0 aliphatic carbocycles. The molecule has 2 N–H and O–H groups in total. The van der Waals surface area contributed by atoms with E-state index < -0.39 is 11.9 Å². The van der Waals surface area contributed by atoms with Crippen LogP contribution in [0.4, 0.5) is 0 Å². The highest BCUT2D eigenvalue weighted by atomic mass is 79.9. The van der Waals surface area contributed by atoms with E-state index in [2.05, 4.69) is 26.2 Å². The minimum absolute atomic E-state index is 0.0410. The minimum atomic E-state index is -0.908. The second-order valence-electron chi connectivity index (χ2n) is 4.26. The SMILES string of the molecule is CC(C)C(CNC(=O)c1ccc(Br)cn1)C(=O)O. The molecule has 0 aliphatic heterocycles. The van der Waals surface area contributed by atoms with Crippen LogP contribution in [0.15, 0.2) is 22.8 Å². The Labute approximate surface area is 114 Å². The van der Waals surface area contributed by atoms with Crippen LogP contribution in [0.5, 0.6) is 0 Å². The molecule has 1 aromatic rings. The number of halogens is 1. The average Bonchev–Trinajstić information content (AvgIpc) is 2.28. The number of carbonyl (C=O) groups is 2. The van der Waals surface area contributed by atoms with Crippen LogP contribution in [0.25, 0.3) is 0 Å². The molecule has 0 saturated heterocycles. The van der Waals surface area contributed by atoms with Gasteiger partial charge in [0, 0.05) is 17.2 Å². The molecule has 6 heteroatoms. The lowest BCUT2D eigenvalue weighted by Crippen LogP contribution is -2.35. The molecule has 1 heterocycles. The zero-order valence-electron chi connectivity index (χ0n) is 10.2. The fourth-order valence-electron chi connectivity index (χ4n) is 1.41. The Morgan fingerprint density at radius 2 is 2.11 bits per heavy atom. The van der Waals surface area contributed by atoms with Crippen LogP contribution < -0.4 is 5.32 Å². The summed E-state index contributed by atoms with van der Waals surface area (Å²) < 4.78 is 0.782. The minimum Gasteiger partial charge on any atom is -0.481 e. The maximum atomic E-state index is 11.7. The van der Waals surface area contributed by atoms with Crippen LogP contribution >= 0.6 is 15.9 Å². The van der Waals surface area contributed by atoms with Gasteiger partial charge in [-0.2, -0.15) is 0 Å². The Morgan fingerprint density at radius 3 is 2.56 bits per heavy atom. The van der Waals surface area contributed by atoms with Crippen LogP contribution in [0.2, 0.25) is 0 Å². The maximum absolute atomic E-state index is 11.7. The largest absolute Gasteiger partial charge is 0.481 e. The monoisotopic (exact) mass is 314 g/mol. The van der Waals surface area contributed by atoms with Crippen molar-refractivity contribution in [3.8, 4) is 0 Å².